The van der Waals surface area contributed by atoms with Crippen LogP contribution in [0.5, 0.6) is 0 Å². The number of nitro benzene ring substituents is 1. The molecule has 1 aromatic carbocycles. The normalized spacial score (nSPS) is 18.2. The Morgan fingerprint density at radius 2 is 2.25 bits per heavy atom. The van der Waals surface area contributed by atoms with E-state index in [1.165, 1.54) is 18.2 Å². The molecule has 1 aliphatic rings. The van der Waals surface area contributed by atoms with Crippen LogP contribution in [-0.2, 0) is 9.59 Å². The number of piperazine rings is 1. The Kier molecular flexibility index (Phi) is 4.30. The Balaban J connectivity index is 2.09. The van der Waals surface area contributed by atoms with Crippen molar-refractivity contribution in [2.45, 2.75) is 6.04 Å². The van der Waals surface area contributed by atoms with E-state index in [0.29, 0.717) is 10.2 Å². The lowest BCUT2D eigenvalue weighted by atomic mass is 10.2. The van der Waals surface area contributed by atoms with Gasteiger partial charge in [0.1, 0.15) is 6.04 Å². The first-order chi connectivity index (χ1) is 9.47. The molecule has 106 valence electrons. The zero-order valence-corrected chi connectivity index (χ0v) is 11.8. The zero-order valence-electron chi connectivity index (χ0n) is 10.2. The average Bonchev–Trinajstić information content (AvgIpc) is 2.41. The summed E-state index contributed by atoms with van der Waals surface area (Å²) >= 11 is 3.21. The summed E-state index contributed by atoms with van der Waals surface area (Å²) in [5, 5.41) is 18.6. The summed E-state index contributed by atoms with van der Waals surface area (Å²) in [4.78, 5) is 33.1. The monoisotopic (exact) mass is 342 g/mol. The number of rotatable bonds is 3. The first kappa shape index (κ1) is 14.4. The van der Waals surface area contributed by atoms with Gasteiger partial charge in [-0.15, -0.1) is 0 Å². The molecule has 0 aromatic heterocycles. The van der Waals surface area contributed by atoms with Crippen molar-refractivity contribution in [2.75, 3.05) is 18.4 Å². The minimum atomic E-state index is -0.570. The van der Waals surface area contributed by atoms with Gasteiger partial charge in [0.2, 0.25) is 11.8 Å². The summed E-state index contributed by atoms with van der Waals surface area (Å²) in [6.07, 6.45) is 0. The first-order valence-electron chi connectivity index (χ1n) is 5.72. The summed E-state index contributed by atoms with van der Waals surface area (Å²) in [5.74, 6) is -0.545. The Bertz CT molecular complexity index is 568. The van der Waals surface area contributed by atoms with Crippen LogP contribution in [0.1, 0.15) is 0 Å². The maximum absolute atomic E-state index is 12.0. The lowest BCUT2D eigenvalue weighted by molar-refractivity contribution is -0.384. The number of non-ortho nitro benzene ring substituents is 1. The van der Waals surface area contributed by atoms with Crippen molar-refractivity contribution in [3.63, 3.8) is 0 Å². The molecule has 1 fully saturated rings. The van der Waals surface area contributed by atoms with Crippen LogP contribution in [0.4, 0.5) is 11.4 Å². The molecule has 1 heterocycles. The standard InChI is InChI=1S/C11H11BrN4O4/c12-7-2-1-6(16(19)20)3-8(7)15-11(18)9-4-14-10(17)5-13-9/h1-3,9,13H,4-5H2,(H,14,17)(H,15,18). The molecule has 2 rings (SSSR count). The van der Waals surface area contributed by atoms with Gasteiger partial charge in [0, 0.05) is 23.2 Å². The third kappa shape index (κ3) is 3.31. The van der Waals surface area contributed by atoms with Gasteiger partial charge < -0.3 is 10.6 Å². The van der Waals surface area contributed by atoms with Gasteiger partial charge in [-0.25, -0.2) is 0 Å². The molecule has 1 aliphatic heterocycles. The van der Waals surface area contributed by atoms with Crippen LogP contribution in [0.15, 0.2) is 22.7 Å². The number of hydrogen-bond acceptors (Lipinski definition) is 5. The largest absolute Gasteiger partial charge is 0.353 e. The van der Waals surface area contributed by atoms with E-state index in [0.717, 1.165) is 0 Å². The predicted molar refractivity (Wildman–Crippen MR) is 74.2 cm³/mol. The number of nitro groups is 1. The Labute approximate surface area is 122 Å². The van der Waals surface area contributed by atoms with Crippen LogP contribution in [0.25, 0.3) is 0 Å². The van der Waals surface area contributed by atoms with Crippen LogP contribution in [-0.4, -0.2) is 35.9 Å². The van der Waals surface area contributed by atoms with E-state index in [1.54, 1.807) is 0 Å². The summed E-state index contributed by atoms with van der Waals surface area (Å²) in [5.41, 5.74) is 0.191. The van der Waals surface area contributed by atoms with E-state index in [1.807, 2.05) is 0 Å². The Morgan fingerprint density at radius 1 is 1.50 bits per heavy atom. The molecule has 1 unspecified atom stereocenters. The molecule has 0 saturated carbocycles. The topological polar surface area (TPSA) is 113 Å². The third-order valence-corrected chi connectivity index (χ3v) is 3.44. The summed E-state index contributed by atoms with van der Waals surface area (Å²) < 4.78 is 0.538. The lowest BCUT2D eigenvalue weighted by Crippen LogP contribution is -2.56. The molecule has 20 heavy (non-hydrogen) atoms. The molecule has 1 saturated heterocycles. The van der Waals surface area contributed by atoms with Crippen molar-refractivity contribution < 1.29 is 14.5 Å². The number of nitrogens with one attached hydrogen (secondary N) is 3. The molecule has 1 atom stereocenters. The van der Waals surface area contributed by atoms with E-state index in [-0.39, 0.29) is 30.6 Å². The minimum Gasteiger partial charge on any atom is -0.353 e. The second kappa shape index (κ2) is 5.97. The van der Waals surface area contributed by atoms with Crippen LogP contribution in [0, 0.1) is 10.1 Å². The molecular weight excluding hydrogens is 332 g/mol. The number of amides is 2. The summed E-state index contributed by atoms with van der Waals surface area (Å²) in [6.45, 7) is 0.241. The van der Waals surface area contributed by atoms with Gasteiger partial charge in [-0.05, 0) is 22.0 Å². The van der Waals surface area contributed by atoms with E-state index in [2.05, 4.69) is 31.9 Å². The molecule has 0 radical (unpaired) electrons. The van der Waals surface area contributed by atoms with Crippen molar-refractivity contribution >= 4 is 39.1 Å². The molecule has 3 N–H and O–H groups in total. The molecule has 0 bridgehead atoms. The van der Waals surface area contributed by atoms with Gasteiger partial charge in [-0.2, -0.15) is 0 Å². The first-order valence-corrected chi connectivity index (χ1v) is 6.51. The van der Waals surface area contributed by atoms with Crippen molar-refractivity contribution in [1.29, 1.82) is 0 Å². The van der Waals surface area contributed by atoms with Gasteiger partial charge in [-0.3, -0.25) is 25.0 Å². The summed E-state index contributed by atoms with van der Waals surface area (Å²) in [6, 6.07) is 3.52. The molecule has 0 aliphatic carbocycles. The second-order valence-corrected chi connectivity index (χ2v) is 5.00. The highest BCUT2D eigenvalue weighted by Crippen LogP contribution is 2.27. The molecular formula is C11H11BrN4O4. The number of hydrogen-bond donors (Lipinski definition) is 3. The van der Waals surface area contributed by atoms with Gasteiger partial charge in [0.25, 0.3) is 5.69 Å². The molecule has 9 heteroatoms. The number of halogens is 1. The SMILES string of the molecule is O=C1CNC(C(=O)Nc2cc([N+](=O)[O-])ccc2Br)CN1. The van der Waals surface area contributed by atoms with Crippen molar-refractivity contribution in [2.24, 2.45) is 0 Å². The number of benzene rings is 1. The average molecular weight is 343 g/mol. The second-order valence-electron chi connectivity index (χ2n) is 4.15. The zero-order chi connectivity index (χ0) is 14.7. The van der Waals surface area contributed by atoms with E-state index in [9.17, 15) is 19.7 Å². The van der Waals surface area contributed by atoms with E-state index < -0.39 is 11.0 Å². The van der Waals surface area contributed by atoms with Crippen LogP contribution in [0.2, 0.25) is 0 Å². The highest BCUT2D eigenvalue weighted by Gasteiger charge is 2.24. The number of nitrogens with zero attached hydrogens (tertiary/aromatic N) is 1. The third-order valence-electron chi connectivity index (χ3n) is 2.75. The fourth-order valence-corrected chi connectivity index (χ4v) is 2.04. The lowest BCUT2D eigenvalue weighted by Gasteiger charge is -2.23. The van der Waals surface area contributed by atoms with Gasteiger partial charge >= 0.3 is 0 Å². The van der Waals surface area contributed by atoms with Crippen molar-refractivity contribution in [3.8, 4) is 0 Å². The van der Waals surface area contributed by atoms with Gasteiger partial charge in [-0.1, -0.05) is 0 Å². The minimum absolute atomic E-state index is 0.0637. The fourth-order valence-electron chi connectivity index (χ4n) is 1.69. The van der Waals surface area contributed by atoms with Gasteiger partial charge in [0.05, 0.1) is 17.2 Å². The van der Waals surface area contributed by atoms with E-state index >= 15 is 0 Å². The van der Waals surface area contributed by atoms with Crippen molar-refractivity contribution in [3.05, 3.63) is 32.8 Å². The van der Waals surface area contributed by atoms with E-state index in [4.69, 9.17) is 0 Å². The highest BCUT2D eigenvalue weighted by atomic mass is 79.9. The quantitative estimate of drug-likeness (QED) is 0.543. The Hall–Kier alpha value is -2.00. The molecule has 2 amide bonds. The molecule has 0 spiro atoms. The highest BCUT2D eigenvalue weighted by molar-refractivity contribution is 9.10. The van der Waals surface area contributed by atoms with Crippen LogP contribution >= 0.6 is 15.9 Å². The predicted octanol–water partition coefficient (Wildman–Crippen LogP) is 0.384. The maximum Gasteiger partial charge on any atom is 0.271 e. The molecule has 8 nitrogen and oxygen atoms in total. The fraction of sp³-hybridized carbons (Fsp3) is 0.273. The number of carbonyl (C=O) groups excluding carboxylic acids is 2. The summed E-state index contributed by atoms with van der Waals surface area (Å²) in [7, 11) is 0. The van der Waals surface area contributed by atoms with Gasteiger partial charge in [0.15, 0.2) is 0 Å². The maximum atomic E-state index is 12.0. The van der Waals surface area contributed by atoms with Crippen LogP contribution in [0.3, 0.4) is 0 Å². The number of carbonyl (C=O) groups is 2. The van der Waals surface area contributed by atoms with Crippen molar-refractivity contribution in [1.82, 2.24) is 10.6 Å². The smallest absolute Gasteiger partial charge is 0.271 e. The number of anilines is 1. The van der Waals surface area contributed by atoms with Crippen LogP contribution < -0.4 is 16.0 Å². The Morgan fingerprint density at radius 3 is 2.85 bits per heavy atom. The molecule has 1 aromatic rings.